The molecule has 2 heterocycles. The predicted octanol–water partition coefficient (Wildman–Crippen LogP) is 4.69. The Balaban J connectivity index is 1.84. The molecule has 23 heavy (non-hydrogen) atoms. The highest BCUT2D eigenvalue weighted by Crippen LogP contribution is 2.33. The molecule has 122 valence electrons. The fourth-order valence-corrected chi connectivity index (χ4v) is 3.53. The number of nitrogens with zero attached hydrogens (tertiary/aromatic N) is 2. The van der Waals surface area contributed by atoms with Crippen LogP contribution in [0.1, 0.15) is 31.1 Å². The highest BCUT2D eigenvalue weighted by atomic mass is 35.5. The molecule has 0 fully saturated rings. The van der Waals surface area contributed by atoms with Crippen LogP contribution in [0, 0.1) is 12.8 Å². The molecule has 1 aliphatic heterocycles. The van der Waals surface area contributed by atoms with Gasteiger partial charge in [-0.2, -0.15) is 0 Å². The third kappa shape index (κ3) is 3.08. The van der Waals surface area contributed by atoms with E-state index < -0.39 is 0 Å². The van der Waals surface area contributed by atoms with Crippen LogP contribution in [0.25, 0.3) is 0 Å². The van der Waals surface area contributed by atoms with E-state index >= 15 is 0 Å². The monoisotopic (exact) mass is 331 g/mol. The van der Waals surface area contributed by atoms with Gasteiger partial charge in [-0.05, 0) is 42.7 Å². The van der Waals surface area contributed by atoms with Crippen molar-refractivity contribution in [2.24, 2.45) is 5.92 Å². The highest BCUT2D eigenvalue weighted by molar-refractivity contribution is 6.33. The summed E-state index contributed by atoms with van der Waals surface area (Å²) in [6.07, 6.45) is 2.08. The second kappa shape index (κ2) is 6.28. The van der Waals surface area contributed by atoms with Crippen LogP contribution in [0.15, 0.2) is 36.5 Å². The van der Waals surface area contributed by atoms with E-state index in [1.165, 1.54) is 5.69 Å². The first-order chi connectivity index (χ1) is 11.0. The van der Waals surface area contributed by atoms with Crippen molar-refractivity contribution < 1.29 is 4.79 Å². The maximum atomic E-state index is 12.8. The van der Waals surface area contributed by atoms with Crippen LogP contribution >= 0.6 is 11.6 Å². The fourth-order valence-electron chi connectivity index (χ4n) is 3.25. The van der Waals surface area contributed by atoms with Crippen LogP contribution < -0.4 is 5.32 Å². The van der Waals surface area contributed by atoms with Gasteiger partial charge < -0.3 is 14.8 Å². The molecule has 2 amide bonds. The fraction of sp³-hybridized carbons (Fsp3) is 0.389. The Morgan fingerprint density at radius 3 is 2.78 bits per heavy atom. The van der Waals surface area contributed by atoms with Gasteiger partial charge in [-0.15, -0.1) is 0 Å². The Morgan fingerprint density at radius 1 is 1.30 bits per heavy atom. The van der Waals surface area contributed by atoms with Gasteiger partial charge in [0, 0.05) is 25.0 Å². The van der Waals surface area contributed by atoms with E-state index in [-0.39, 0.29) is 12.1 Å². The van der Waals surface area contributed by atoms with Gasteiger partial charge in [0.25, 0.3) is 0 Å². The zero-order valence-electron chi connectivity index (χ0n) is 13.7. The molecule has 0 radical (unpaired) electrons. The average molecular weight is 332 g/mol. The molecular formula is C18H22ClN3O. The maximum absolute atomic E-state index is 12.8. The summed E-state index contributed by atoms with van der Waals surface area (Å²) in [5, 5.41) is 3.53. The van der Waals surface area contributed by atoms with Crippen molar-refractivity contribution in [2.75, 3.05) is 11.9 Å². The Morgan fingerprint density at radius 2 is 2.09 bits per heavy atom. The van der Waals surface area contributed by atoms with Gasteiger partial charge in [0.2, 0.25) is 0 Å². The number of aryl methyl sites for hydroxylation is 1. The molecule has 1 N–H and O–H groups in total. The van der Waals surface area contributed by atoms with Crippen molar-refractivity contribution in [1.82, 2.24) is 9.47 Å². The number of rotatable bonds is 2. The third-order valence-electron chi connectivity index (χ3n) is 4.34. The lowest BCUT2D eigenvalue weighted by molar-refractivity contribution is 0.144. The van der Waals surface area contributed by atoms with E-state index in [9.17, 15) is 4.79 Å². The van der Waals surface area contributed by atoms with Crippen LogP contribution in [0.3, 0.4) is 0 Å². The number of nitrogens with one attached hydrogen (secondary N) is 1. The molecule has 1 aromatic heterocycles. The quantitative estimate of drug-likeness (QED) is 0.851. The molecule has 3 rings (SSSR count). The summed E-state index contributed by atoms with van der Waals surface area (Å²) in [6, 6.07) is 9.78. The van der Waals surface area contributed by atoms with E-state index in [1.54, 1.807) is 0 Å². The van der Waals surface area contributed by atoms with E-state index in [4.69, 9.17) is 11.6 Å². The summed E-state index contributed by atoms with van der Waals surface area (Å²) in [5.41, 5.74) is 2.92. The molecule has 1 aliphatic rings. The lowest BCUT2D eigenvalue weighted by Crippen LogP contribution is -2.45. The summed E-state index contributed by atoms with van der Waals surface area (Å²) >= 11 is 6.24. The second-order valence-corrected chi connectivity index (χ2v) is 6.83. The predicted molar refractivity (Wildman–Crippen MR) is 93.9 cm³/mol. The zero-order chi connectivity index (χ0) is 16.6. The minimum atomic E-state index is -0.0955. The number of carbonyl (C=O) groups excluding carboxylic acids is 1. The van der Waals surface area contributed by atoms with Crippen molar-refractivity contribution in [3.8, 4) is 0 Å². The number of halogens is 1. The standard InChI is InChI=1S/C18H22ClN3O/c1-12(2)17-16-5-4-8-21(16)9-10-22(17)18(23)20-15-7-6-13(3)11-14(15)19/h4-8,11-12,17H,9-10H2,1-3H3,(H,20,23). The number of hydrogen-bond donors (Lipinski definition) is 1. The molecule has 0 bridgehead atoms. The van der Waals surface area contributed by atoms with E-state index in [2.05, 4.69) is 36.0 Å². The van der Waals surface area contributed by atoms with Crippen molar-refractivity contribution in [3.05, 3.63) is 52.8 Å². The number of fused-ring (bicyclic) bond motifs is 1. The molecule has 1 unspecified atom stereocenters. The summed E-state index contributed by atoms with van der Waals surface area (Å²) in [7, 11) is 0. The van der Waals surface area contributed by atoms with Crippen LogP contribution in [-0.4, -0.2) is 22.0 Å². The second-order valence-electron chi connectivity index (χ2n) is 6.42. The number of benzene rings is 1. The van der Waals surface area contributed by atoms with Gasteiger partial charge >= 0.3 is 6.03 Å². The normalized spacial score (nSPS) is 17.3. The SMILES string of the molecule is Cc1ccc(NC(=O)N2CCn3cccc3C2C(C)C)c(Cl)c1. The van der Waals surface area contributed by atoms with Crippen molar-refractivity contribution >= 4 is 23.3 Å². The summed E-state index contributed by atoms with van der Waals surface area (Å²) in [6.45, 7) is 7.78. The number of urea groups is 1. The zero-order valence-corrected chi connectivity index (χ0v) is 14.5. The van der Waals surface area contributed by atoms with Gasteiger partial charge in [0.1, 0.15) is 0 Å². The molecule has 0 spiro atoms. The Bertz CT molecular complexity index is 723. The van der Waals surface area contributed by atoms with Gasteiger partial charge in [0.15, 0.2) is 0 Å². The van der Waals surface area contributed by atoms with E-state index in [0.717, 1.165) is 12.1 Å². The van der Waals surface area contributed by atoms with Crippen LogP contribution in [0.5, 0.6) is 0 Å². The molecular weight excluding hydrogens is 310 g/mol. The van der Waals surface area contributed by atoms with Gasteiger partial charge in [-0.25, -0.2) is 4.79 Å². The Labute approximate surface area is 142 Å². The number of aromatic nitrogens is 1. The third-order valence-corrected chi connectivity index (χ3v) is 4.66. The van der Waals surface area contributed by atoms with Crippen molar-refractivity contribution in [3.63, 3.8) is 0 Å². The molecule has 0 saturated carbocycles. The number of anilines is 1. The number of hydrogen-bond acceptors (Lipinski definition) is 1. The summed E-state index contributed by atoms with van der Waals surface area (Å²) in [4.78, 5) is 14.7. The van der Waals surface area contributed by atoms with Gasteiger partial charge in [0.05, 0.1) is 16.8 Å². The van der Waals surface area contributed by atoms with Crippen LogP contribution in [0.4, 0.5) is 10.5 Å². The molecule has 0 saturated heterocycles. The lowest BCUT2D eigenvalue weighted by atomic mass is 9.97. The van der Waals surface area contributed by atoms with Gasteiger partial charge in [-0.3, -0.25) is 0 Å². The lowest BCUT2D eigenvalue weighted by Gasteiger charge is -2.39. The number of carbonyl (C=O) groups is 1. The van der Waals surface area contributed by atoms with Gasteiger partial charge in [-0.1, -0.05) is 31.5 Å². The summed E-state index contributed by atoms with van der Waals surface area (Å²) in [5.74, 6) is 0.336. The van der Waals surface area contributed by atoms with Crippen molar-refractivity contribution in [2.45, 2.75) is 33.4 Å². The van der Waals surface area contributed by atoms with E-state index in [0.29, 0.717) is 23.2 Å². The molecule has 5 heteroatoms. The topological polar surface area (TPSA) is 37.3 Å². The maximum Gasteiger partial charge on any atom is 0.322 e. The van der Waals surface area contributed by atoms with Crippen molar-refractivity contribution in [1.29, 1.82) is 0 Å². The first-order valence-corrected chi connectivity index (χ1v) is 8.34. The van der Waals surface area contributed by atoms with Crippen LogP contribution in [-0.2, 0) is 6.54 Å². The smallest absolute Gasteiger partial charge is 0.322 e. The minimum Gasteiger partial charge on any atom is -0.348 e. The Kier molecular flexibility index (Phi) is 4.35. The molecule has 0 aliphatic carbocycles. The molecule has 1 aromatic carbocycles. The molecule has 1 atom stereocenters. The number of amides is 2. The molecule has 2 aromatic rings. The largest absolute Gasteiger partial charge is 0.348 e. The van der Waals surface area contributed by atoms with Crippen LogP contribution in [0.2, 0.25) is 5.02 Å². The highest BCUT2D eigenvalue weighted by Gasteiger charge is 2.33. The molecule has 4 nitrogen and oxygen atoms in total. The average Bonchev–Trinajstić information content (AvgIpc) is 2.97. The summed E-state index contributed by atoms with van der Waals surface area (Å²) < 4.78 is 2.23. The first-order valence-electron chi connectivity index (χ1n) is 7.96. The first kappa shape index (κ1) is 15.9. The van der Waals surface area contributed by atoms with E-state index in [1.807, 2.05) is 36.1 Å². The minimum absolute atomic E-state index is 0.0722. The Hall–Kier alpha value is -1.94.